The fraction of sp³-hybridized carbons (Fsp3) is 0.949. The predicted octanol–water partition coefficient (Wildman–Crippen LogP) is 12.9. The zero-order valence-corrected chi connectivity index (χ0v) is 30.6. The van der Waals surface area contributed by atoms with Gasteiger partial charge in [0, 0.05) is 18.6 Å². The maximum atomic E-state index is 12.2. The van der Waals surface area contributed by atoms with E-state index in [2.05, 4.69) is 26.5 Å². The lowest BCUT2D eigenvalue weighted by molar-refractivity contribution is -0.157. The topological polar surface area (TPSA) is 52.6 Å². The number of carbonyl (C=O) groups is 2. The van der Waals surface area contributed by atoms with Crippen LogP contribution in [0.3, 0.4) is 0 Å². The van der Waals surface area contributed by atoms with Gasteiger partial charge in [0.2, 0.25) is 0 Å². The Balaban J connectivity index is 3.49. The Morgan fingerprint density at radius 3 is 1.00 bits per heavy atom. The van der Waals surface area contributed by atoms with E-state index in [9.17, 15) is 9.59 Å². The molecule has 0 saturated carbocycles. The third-order valence-electron chi connectivity index (χ3n) is 8.90. The SMILES string of the molecule is CCCCCCCCCCCCCCCCCC(=O)OCC(CS)OC(=O)CCCCCCCCCCCCCCCCC. The molecule has 0 aromatic heterocycles. The van der Waals surface area contributed by atoms with Crippen LogP contribution >= 0.6 is 12.6 Å². The van der Waals surface area contributed by atoms with Crippen molar-refractivity contribution in [2.75, 3.05) is 12.4 Å². The molecule has 0 spiro atoms. The van der Waals surface area contributed by atoms with E-state index in [4.69, 9.17) is 9.47 Å². The summed E-state index contributed by atoms with van der Waals surface area (Å²) in [7, 11) is 0. The molecule has 4 nitrogen and oxygen atoms in total. The highest BCUT2D eigenvalue weighted by Crippen LogP contribution is 2.16. The molecular weight excluding hydrogens is 564 g/mol. The van der Waals surface area contributed by atoms with Gasteiger partial charge in [0.05, 0.1) is 0 Å². The lowest BCUT2D eigenvalue weighted by atomic mass is 10.0. The molecule has 0 aliphatic rings. The van der Waals surface area contributed by atoms with Crippen molar-refractivity contribution >= 4 is 24.6 Å². The molecule has 0 heterocycles. The molecule has 0 aromatic rings. The Morgan fingerprint density at radius 1 is 0.432 bits per heavy atom. The van der Waals surface area contributed by atoms with Gasteiger partial charge < -0.3 is 9.47 Å². The first-order valence-electron chi connectivity index (χ1n) is 19.6. The van der Waals surface area contributed by atoms with Crippen LogP contribution in [0.25, 0.3) is 0 Å². The van der Waals surface area contributed by atoms with Gasteiger partial charge in [0.25, 0.3) is 0 Å². The van der Waals surface area contributed by atoms with E-state index >= 15 is 0 Å². The van der Waals surface area contributed by atoms with E-state index in [0.29, 0.717) is 18.6 Å². The van der Waals surface area contributed by atoms with Crippen molar-refractivity contribution in [1.82, 2.24) is 0 Å². The van der Waals surface area contributed by atoms with Crippen molar-refractivity contribution in [1.29, 1.82) is 0 Å². The van der Waals surface area contributed by atoms with Crippen LogP contribution in [-0.2, 0) is 19.1 Å². The molecule has 0 amide bonds. The highest BCUT2D eigenvalue weighted by Gasteiger charge is 2.15. The number of thiol groups is 1. The first-order valence-corrected chi connectivity index (χ1v) is 20.2. The minimum Gasteiger partial charge on any atom is -0.462 e. The van der Waals surface area contributed by atoms with Crippen LogP contribution in [0.5, 0.6) is 0 Å². The molecule has 0 bridgehead atoms. The van der Waals surface area contributed by atoms with Crippen molar-refractivity contribution in [3.05, 3.63) is 0 Å². The summed E-state index contributed by atoms with van der Waals surface area (Å²) in [5.74, 6) is -0.0150. The maximum absolute atomic E-state index is 12.2. The molecule has 0 saturated heterocycles. The molecule has 0 rings (SSSR count). The highest BCUT2D eigenvalue weighted by atomic mass is 32.1. The van der Waals surface area contributed by atoms with Gasteiger partial charge >= 0.3 is 11.9 Å². The Kier molecular flexibility index (Phi) is 36.2. The molecule has 5 heteroatoms. The second-order valence-electron chi connectivity index (χ2n) is 13.4. The van der Waals surface area contributed by atoms with E-state index in [0.717, 1.165) is 25.7 Å². The Morgan fingerprint density at radius 2 is 0.705 bits per heavy atom. The maximum Gasteiger partial charge on any atom is 0.306 e. The normalized spacial score (nSPS) is 12.0. The molecular formula is C39H76O4S. The second kappa shape index (κ2) is 36.8. The minimum atomic E-state index is -0.452. The van der Waals surface area contributed by atoms with Gasteiger partial charge in [0.15, 0.2) is 0 Å². The third kappa shape index (κ3) is 34.2. The number of unbranched alkanes of at least 4 members (excludes halogenated alkanes) is 28. The van der Waals surface area contributed by atoms with Gasteiger partial charge in [0.1, 0.15) is 12.7 Å². The van der Waals surface area contributed by atoms with Crippen molar-refractivity contribution in [3.63, 3.8) is 0 Å². The molecule has 0 fully saturated rings. The third-order valence-corrected chi connectivity index (χ3v) is 9.31. The summed E-state index contributed by atoms with van der Waals surface area (Å²) in [4.78, 5) is 24.3. The van der Waals surface area contributed by atoms with Gasteiger partial charge in [-0.1, -0.05) is 194 Å². The minimum absolute atomic E-state index is 0.117. The molecule has 0 aliphatic heterocycles. The Bertz CT molecular complexity index is 597. The first-order chi connectivity index (χ1) is 21.6. The summed E-state index contributed by atoms with van der Waals surface area (Å²) in [6.45, 7) is 4.67. The van der Waals surface area contributed by atoms with Crippen LogP contribution in [0.1, 0.15) is 219 Å². The van der Waals surface area contributed by atoms with Crippen molar-refractivity contribution in [2.45, 2.75) is 225 Å². The fourth-order valence-corrected chi connectivity index (χ4v) is 6.09. The van der Waals surface area contributed by atoms with E-state index < -0.39 is 6.10 Å². The van der Waals surface area contributed by atoms with E-state index in [1.54, 1.807) is 0 Å². The van der Waals surface area contributed by atoms with Crippen LogP contribution in [0, 0.1) is 0 Å². The van der Waals surface area contributed by atoms with Gasteiger partial charge in [-0.3, -0.25) is 9.59 Å². The number of hydrogen-bond acceptors (Lipinski definition) is 5. The van der Waals surface area contributed by atoms with Crippen LogP contribution in [-0.4, -0.2) is 30.4 Å². The smallest absolute Gasteiger partial charge is 0.306 e. The van der Waals surface area contributed by atoms with Gasteiger partial charge in [-0.25, -0.2) is 0 Å². The largest absolute Gasteiger partial charge is 0.462 e. The van der Waals surface area contributed by atoms with Gasteiger partial charge in [-0.15, -0.1) is 0 Å². The van der Waals surface area contributed by atoms with Crippen LogP contribution < -0.4 is 0 Å². The second-order valence-corrected chi connectivity index (χ2v) is 13.7. The fourth-order valence-electron chi connectivity index (χ4n) is 5.91. The van der Waals surface area contributed by atoms with Gasteiger partial charge in [-0.05, 0) is 12.8 Å². The quantitative estimate of drug-likeness (QED) is 0.0420. The number of hydrogen-bond donors (Lipinski definition) is 1. The summed E-state index contributed by atoms with van der Waals surface area (Å²) >= 11 is 4.29. The molecule has 1 unspecified atom stereocenters. The van der Waals surface area contributed by atoms with Crippen LogP contribution in [0.4, 0.5) is 0 Å². The zero-order chi connectivity index (χ0) is 32.2. The summed E-state index contributed by atoms with van der Waals surface area (Å²) in [6, 6.07) is 0. The number of rotatable bonds is 36. The molecule has 44 heavy (non-hydrogen) atoms. The number of ether oxygens (including phenoxy) is 2. The Hall–Kier alpha value is -0.710. The van der Waals surface area contributed by atoms with Crippen molar-refractivity contribution in [2.24, 2.45) is 0 Å². The monoisotopic (exact) mass is 641 g/mol. The molecule has 0 N–H and O–H groups in total. The number of carbonyl (C=O) groups excluding carboxylic acids is 2. The van der Waals surface area contributed by atoms with Crippen molar-refractivity contribution in [3.8, 4) is 0 Å². The van der Waals surface area contributed by atoms with E-state index in [-0.39, 0.29) is 18.5 Å². The summed E-state index contributed by atoms with van der Waals surface area (Å²) in [6.07, 6.45) is 39.7. The average Bonchev–Trinajstić information content (AvgIpc) is 3.02. The molecule has 0 radical (unpaired) electrons. The zero-order valence-electron chi connectivity index (χ0n) is 29.7. The summed E-state index contributed by atoms with van der Waals surface area (Å²) in [5.41, 5.74) is 0. The first kappa shape index (κ1) is 43.3. The van der Waals surface area contributed by atoms with Crippen molar-refractivity contribution < 1.29 is 19.1 Å². The molecule has 262 valence electrons. The summed E-state index contributed by atoms with van der Waals surface area (Å²) in [5, 5.41) is 0. The van der Waals surface area contributed by atoms with Crippen LogP contribution in [0.2, 0.25) is 0 Å². The van der Waals surface area contributed by atoms with E-state index in [1.165, 1.54) is 167 Å². The average molecular weight is 641 g/mol. The van der Waals surface area contributed by atoms with E-state index in [1.807, 2.05) is 0 Å². The summed E-state index contributed by atoms with van der Waals surface area (Å²) < 4.78 is 10.9. The van der Waals surface area contributed by atoms with Crippen LogP contribution in [0.15, 0.2) is 0 Å². The molecule has 1 atom stereocenters. The Labute approximate surface area is 280 Å². The molecule has 0 aromatic carbocycles. The lowest BCUT2D eigenvalue weighted by Gasteiger charge is -2.16. The number of esters is 2. The van der Waals surface area contributed by atoms with Gasteiger partial charge in [-0.2, -0.15) is 12.6 Å². The standard InChI is InChI=1S/C39H76O4S/c1-3-5-7-9-11-13-15-17-19-21-23-25-27-29-31-33-38(40)42-35-37(36-44)43-39(41)34-32-30-28-26-24-22-20-18-16-14-12-10-8-6-4-2/h37,44H,3-36H2,1-2H3. The predicted molar refractivity (Wildman–Crippen MR) is 194 cm³/mol. The molecule has 0 aliphatic carbocycles. The lowest BCUT2D eigenvalue weighted by Crippen LogP contribution is -2.26. The highest BCUT2D eigenvalue weighted by molar-refractivity contribution is 7.80.